The molecule has 6 heteroatoms. The number of rotatable bonds is 3. The molecule has 13 heavy (non-hydrogen) atoms. The summed E-state index contributed by atoms with van der Waals surface area (Å²) in [7, 11) is 2.35. The lowest BCUT2D eigenvalue weighted by Crippen LogP contribution is -2.46. The van der Waals surface area contributed by atoms with Crippen LogP contribution in [-0.2, 0) is 9.53 Å². The zero-order valence-corrected chi connectivity index (χ0v) is 8.74. The fraction of sp³-hybridized carbons (Fsp3) is 0.714. The Kier molecular flexibility index (Phi) is 2.88. The second-order valence-electron chi connectivity index (χ2n) is 3.66. The molecule has 2 atom stereocenters. The van der Waals surface area contributed by atoms with Gasteiger partial charge >= 0.3 is 12.1 Å². The lowest BCUT2D eigenvalue weighted by atomic mass is 9.85. The molecule has 1 fully saturated rings. The van der Waals surface area contributed by atoms with E-state index in [1.807, 2.05) is 13.8 Å². The number of carbonyl (C=O) groups excluding carboxylic acids is 2. The van der Waals surface area contributed by atoms with Crippen LogP contribution < -0.4 is 10.4 Å². The normalized spacial score (nSPS) is 22.8. The van der Waals surface area contributed by atoms with E-state index >= 15 is 0 Å². The third-order valence-electron chi connectivity index (χ3n) is 2.03. The molecule has 0 radical (unpaired) electrons. The smallest absolute Gasteiger partial charge is 0.375 e. The van der Waals surface area contributed by atoms with Crippen molar-refractivity contribution >= 4 is 21.5 Å². The SMILES string of the molecule is CC(C)(CNP)C1NC(=O)OC1=O. The largest absolute Gasteiger partial charge is 0.415 e. The first-order valence-corrected chi connectivity index (χ1v) is 4.51. The summed E-state index contributed by atoms with van der Waals surface area (Å²) in [5.41, 5.74) is -0.356. The van der Waals surface area contributed by atoms with Gasteiger partial charge in [0.2, 0.25) is 0 Å². The molecule has 0 bridgehead atoms. The van der Waals surface area contributed by atoms with Crippen molar-refractivity contribution in [2.45, 2.75) is 19.9 Å². The van der Waals surface area contributed by atoms with Gasteiger partial charge in [0, 0.05) is 12.0 Å². The van der Waals surface area contributed by atoms with Crippen LogP contribution in [0, 0.1) is 5.41 Å². The predicted molar refractivity (Wildman–Crippen MR) is 49.9 cm³/mol. The van der Waals surface area contributed by atoms with Crippen molar-refractivity contribution < 1.29 is 14.3 Å². The minimum atomic E-state index is -0.660. The Labute approximate surface area is 78.8 Å². The molecule has 0 aromatic heterocycles. The topological polar surface area (TPSA) is 67.4 Å². The third-order valence-corrected chi connectivity index (χ3v) is 2.23. The fourth-order valence-corrected chi connectivity index (χ4v) is 1.76. The molecule has 1 aliphatic heterocycles. The van der Waals surface area contributed by atoms with Crippen LogP contribution in [0.25, 0.3) is 0 Å². The Bertz CT molecular complexity index is 242. The van der Waals surface area contributed by atoms with E-state index in [0.717, 1.165) is 0 Å². The quantitative estimate of drug-likeness (QED) is 0.386. The number of nitrogens with one attached hydrogen (secondary N) is 2. The molecule has 0 aromatic carbocycles. The average Bonchev–Trinajstić information content (AvgIpc) is 2.30. The van der Waals surface area contributed by atoms with Crippen LogP contribution in [0.4, 0.5) is 4.79 Å². The highest BCUT2D eigenvalue weighted by Crippen LogP contribution is 2.23. The van der Waals surface area contributed by atoms with Gasteiger partial charge in [-0.15, -0.1) is 0 Å². The second kappa shape index (κ2) is 3.60. The van der Waals surface area contributed by atoms with E-state index < -0.39 is 18.1 Å². The highest BCUT2D eigenvalue weighted by Gasteiger charge is 2.43. The lowest BCUT2D eigenvalue weighted by molar-refractivity contribution is -0.137. The summed E-state index contributed by atoms with van der Waals surface area (Å²) >= 11 is 0. The molecule has 0 saturated carbocycles. The van der Waals surface area contributed by atoms with E-state index in [1.165, 1.54) is 0 Å². The summed E-state index contributed by atoms with van der Waals surface area (Å²) in [6, 6.07) is -0.562. The Morgan fingerprint density at radius 3 is 2.62 bits per heavy atom. The highest BCUT2D eigenvalue weighted by atomic mass is 31.0. The molecule has 1 rings (SSSR count). The van der Waals surface area contributed by atoms with Gasteiger partial charge in [-0.2, -0.15) is 0 Å². The Hall–Kier alpha value is -0.670. The van der Waals surface area contributed by atoms with E-state index in [1.54, 1.807) is 0 Å². The minimum Gasteiger partial charge on any atom is -0.375 e. The number of carbonyl (C=O) groups is 2. The van der Waals surface area contributed by atoms with Crippen molar-refractivity contribution in [2.75, 3.05) is 6.54 Å². The number of cyclic esters (lactones) is 2. The predicted octanol–water partition coefficient (Wildman–Crippen LogP) is 0.0273. The van der Waals surface area contributed by atoms with Crippen LogP contribution in [0.1, 0.15) is 13.8 Å². The van der Waals surface area contributed by atoms with Gasteiger partial charge in [0.25, 0.3) is 0 Å². The van der Waals surface area contributed by atoms with Gasteiger partial charge in [0.05, 0.1) is 0 Å². The lowest BCUT2D eigenvalue weighted by Gasteiger charge is -2.27. The van der Waals surface area contributed by atoms with Gasteiger partial charge in [0.15, 0.2) is 0 Å². The molecular formula is C7H13N2O3P. The monoisotopic (exact) mass is 204 g/mol. The van der Waals surface area contributed by atoms with Gasteiger partial charge in [-0.25, -0.2) is 9.59 Å². The molecule has 1 heterocycles. The highest BCUT2D eigenvalue weighted by molar-refractivity contribution is 7.13. The van der Waals surface area contributed by atoms with Crippen molar-refractivity contribution in [1.82, 2.24) is 10.4 Å². The first kappa shape index (κ1) is 10.4. The molecule has 5 nitrogen and oxygen atoms in total. The van der Waals surface area contributed by atoms with E-state index in [4.69, 9.17) is 0 Å². The zero-order chi connectivity index (χ0) is 10.1. The van der Waals surface area contributed by atoms with Gasteiger partial charge in [0.1, 0.15) is 6.04 Å². The van der Waals surface area contributed by atoms with E-state index in [9.17, 15) is 9.59 Å². The van der Waals surface area contributed by atoms with Crippen molar-refractivity contribution in [2.24, 2.45) is 5.41 Å². The van der Waals surface area contributed by atoms with E-state index in [-0.39, 0.29) is 5.41 Å². The van der Waals surface area contributed by atoms with E-state index in [0.29, 0.717) is 6.54 Å². The molecule has 2 unspecified atom stereocenters. The molecule has 0 spiro atoms. The van der Waals surface area contributed by atoms with Crippen LogP contribution in [0.2, 0.25) is 0 Å². The van der Waals surface area contributed by atoms with Crippen LogP contribution in [-0.4, -0.2) is 24.6 Å². The molecular weight excluding hydrogens is 191 g/mol. The van der Waals surface area contributed by atoms with Crippen molar-refractivity contribution in [3.8, 4) is 0 Å². The maximum Gasteiger partial charge on any atom is 0.415 e. The maximum atomic E-state index is 11.2. The molecule has 1 saturated heterocycles. The molecule has 1 amide bonds. The molecule has 0 aliphatic carbocycles. The maximum absolute atomic E-state index is 11.2. The third kappa shape index (κ3) is 2.17. The zero-order valence-electron chi connectivity index (χ0n) is 7.59. The average molecular weight is 204 g/mol. The molecule has 2 N–H and O–H groups in total. The van der Waals surface area contributed by atoms with Crippen LogP contribution in [0.5, 0.6) is 0 Å². The number of esters is 1. The second-order valence-corrected chi connectivity index (χ2v) is 4.06. The summed E-state index contributed by atoms with van der Waals surface area (Å²) in [5.74, 6) is -0.504. The number of ether oxygens (including phenoxy) is 1. The van der Waals surface area contributed by atoms with Crippen molar-refractivity contribution in [1.29, 1.82) is 0 Å². The van der Waals surface area contributed by atoms with Crippen LogP contribution in [0.3, 0.4) is 0 Å². The van der Waals surface area contributed by atoms with Crippen LogP contribution in [0.15, 0.2) is 0 Å². The Morgan fingerprint density at radius 2 is 2.23 bits per heavy atom. The molecule has 1 aliphatic rings. The summed E-state index contributed by atoms with van der Waals surface area (Å²) in [6.07, 6.45) is -0.660. The molecule has 0 aromatic rings. The number of hydrogen-bond acceptors (Lipinski definition) is 4. The number of alkyl carbamates (subject to hydrolysis) is 1. The van der Waals surface area contributed by atoms with E-state index in [2.05, 4.69) is 24.5 Å². The Morgan fingerprint density at radius 1 is 1.62 bits per heavy atom. The number of amides is 1. The van der Waals surface area contributed by atoms with Crippen LogP contribution >= 0.6 is 9.39 Å². The first-order chi connectivity index (χ1) is 5.97. The van der Waals surface area contributed by atoms with Crippen molar-refractivity contribution in [3.05, 3.63) is 0 Å². The summed E-state index contributed by atoms with van der Waals surface area (Å²) in [5, 5.41) is 5.35. The Balaban J connectivity index is 2.71. The van der Waals surface area contributed by atoms with Gasteiger partial charge in [-0.1, -0.05) is 23.2 Å². The summed E-state index contributed by atoms with van der Waals surface area (Å²) < 4.78 is 4.38. The summed E-state index contributed by atoms with van der Waals surface area (Å²) in [4.78, 5) is 21.9. The van der Waals surface area contributed by atoms with Gasteiger partial charge < -0.3 is 15.1 Å². The van der Waals surface area contributed by atoms with Gasteiger partial charge in [-0.3, -0.25) is 0 Å². The van der Waals surface area contributed by atoms with Crippen molar-refractivity contribution in [3.63, 3.8) is 0 Å². The summed E-state index contributed by atoms with van der Waals surface area (Å²) in [6.45, 7) is 4.35. The standard InChI is InChI=1S/C7H13N2O3P/c1-7(2,3-8-13)4-5(10)12-6(11)9-4/h4,8H,3,13H2,1-2H3,(H,9,11). The minimum absolute atomic E-state index is 0.356. The van der Waals surface area contributed by atoms with Gasteiger partial charge in [-0.05, 0) is 0 Å². The molecule has 74 valence electrons. The number of hydrogen-bond donors (Lipinski definition) is 2. The first-order valence-electron chi connectivity index (χ1n) is 3.93. The fourth-order valence-electron chi connectivity index (χ4n) is 1.24.